The van der Waals surface area contributed by atoms with Gasteiger partial charge in [0, 0.05) is 31.2 Å². The van der Waals surface area contributed by atoms with Crippen LogP contribution in [0.15, 0.2) is 29.2 Å². The lowest BCUT2D eigenvalue weighted by Crippen LogP contribution is -2.49. The van der Waals surface area contributed by atoms with Crippen molar-refractivity contribution in [3.05, 3.63) is 29.8 Å². The maximum absolute atomic E-state index is 13.1. The molecule has 1 amide bonds. The van der Waals surface area contributed by atoms with E-state index in [2.05, 4.69) is 4.90 Å². The molecule has 0 bridgehead atoms. The Morgan fingerprint density at radius 1 is 0.786 bits per heavy atom. The first-order valence-electron chi connectivity index (χ1n) is 11.0. The molecule has 2 aliphatic heterocycles. The van der Waals surface area contributed by atoms with Crippen LogP contribution in [0.5, 0.6) is 0 Å². The Kier molecular flexibility index (Phi) is 6.07. The summed E-state index contributed by atoms with van der Waals surface area (Å²) in [6.07, 6.45) is 11.2. The van der Waals surface area contributed by atoms with E-state index >= 15 is 0 Å². The van der Waals surface area contributed by atoms with Gasteiger partial charge in [-0.2, -0.15) is 4.31 Å². The van der Waals surface area contributed by atoms with E-state index in [1.807, 2.05) is 0 Å². The topological polar surface area (TPSA) is 57.7 Å². The SMILES string of the molecule is O=C(c1ccc(S(=O)(=O)N2CCCCCC2)cc1)N1CCC[C@@H]2CCCC[C@@H]21. The fourth-order valence-electron chi connectivity index (χ4n) is 5.24. The van der Waals surface area contributed by atoms with Crippen LogP contribution < -0.4 is 0 Å². The zero-order chi connectivity index (χ0) is 19.6. The third-order valence-electron chi connectivity index (χ3n) is 6.81. The van der Waals surface area contributed by atoms with Crippen molar-refractivity contribution in [1.29, 1.82) is 0 Å². The number of carbonyl (C=O) groups is 1. The highest BCUT2D eigenvalue weighted by atomic mass is 32.2. The summed E-state index contributed by atoms with van der Waals surface area (Å²) >= 11 is 0. The van der Waals surface area contributed by atoms with Crippen LogP contribution in [0, 0.1) is 5.92 Å². The van der Waals surface area contributed by atoms with Crippen LogP contribution in [0.2, 0.25) is 0 Å². The van der Waals surface area contributed by atoms with Crippen molar-refractivity contribution in [2.24, 2.45) is 5.92 Å². The molecule has 5 nitrogen and oxygen atoms in total. The van der Waals surface area contributed by atoms with E-state index in [1.165, 1.54) is 25.7 Å². The molecule has 2 heterocycles. The molecule has 1 aliphatic carbocycles. The molecule has 2 atom stereocenters. The predicted molar refractivity (Wildman–Crippen MR) is 110 cm³/mol. The van der Waals surface area contributed by atoms with Crippen molar-refractivity contribution < 1.29 is 13.2 Å². The van der Waals surface area contributed by atoms with Gasteiger partial charge in [0.2, 0.25) is 10.0 Å². The van der Waals surface area contributed by atoms with Gasteiger partial charge in [-0.3, -0.25) is 4.79 Å². The van der Waals surface area contributed by atoms with Crippen LogP contribution in [0.1, 0.15) is 74.6 Å². The number of amides is 1. The van der Waals surface area contributed by atoms with Gasteiger partial charge in [-0.1, -0.05) is 25.7 Å². The largest absolute Gasteiger partial charge is 0.335 e. The average molecular weight is 405 g/mol. The van der Waals surface area contributed by atoms with Gasteiger partial charge in [-0.15, -0.1) is 0 Å². The van der Waals surface area contributed by atoms with Crippen LogP contribution in [0.25, 0.3) is 0 Å². The summed E-state index contributed by atoms with van der Waals surface area (Å²) < 4.78 is 27.5. The van der Waals surface area contributed by atoms with Crippen LogP contribution in [0.3, 0.4) is 0 Å². The van der Waals surface area contributed by atoms with Gasteiger partial charge < -0.3 is 4.90 Å². The lowest BCUT2D eigenvalue weighted by Gasteiger charge is -2.44. The molecule has 1 aromatic carbocycles. The zero-order valence-electron chi connectivity index (χ0n) is 16.7. The Morgan fingerprint density at radius 3 is 2.14 bits per heavy atom. The number of fused-ring (bicyclic) bond motifs is 1. The van der Waals surface area contributed by atoms with Crippen LogP contribution in [-0.4, -0.2) is 49.2 Å². The summed E-state index contributed by atoms with van der Waals surface area (Å²) in [5, 5.41) is 0. The molecule has 28 heavy (non-hydrogen) atoms. The Hall–Kier alpha value is -1.40. The number of hydrogen-bond donors (Lipinski definition) is 0. The molecule has 3 aliphatic rings. The first-order valence-corrected chi connectivity index (χ1v) is 12.4. The quantitative estimate of drug-likeness (QED) is 0.764. The van der Waals surface area contributed by atoms with Crippen LogP contribution in [0.4, 0.5) is 0 Å². The lowest BCUT2D eigenvalue weighted by molar-refractivity contribution is 0.0390. The summed E-state index contributed by atoms with van der Waals surface area (Å²) in [5.74, 6) is 0.712. The highest BCUT2D eigenvalue weighted by Crippen LogP contribution is 2.36. The number of hydrogen-bond acceptors (Lipinski definition) is 3. The molecule has 0 radical (unpaired) electrons. The van der Waals surface area contributed by atoms with Gasteiger partial charge in [-0.25, -0.2) is 8.42 Å². The molecule has 0 spiro atoms. The van der Waals surface area contributed by atoms with Crippen molar-refractivity contribution in [1.82, 2.24) is 9.21 Å². The van der Waals surface area contributed by atoms with E-state index in [4.69, 9.17) is 0 Å². The highest BCUT2D eigenvalue weighted by molar-refractivity contribution is 7.89. The normalized spacial score (nSPS) is 27.1. The third kappa shape index (κ3) is 3.99. The zero-order valence-corrected chi connectivity index (χ0v) is 17.5. The number of piperidine rings is 1. The number of nitrogens with zero attached hydrogens (tertiary/aromatic N) is 2. The van der Waals surface area contributed by atoms with Crippen molar-refractivity contribution >= 4 is 15.9 Å². The Morgan fingerprint density at radius 2 is 1.43 bits per heavy atom. The predicted octanol–water partition coefficient (Wildman–Crippen LogP) is 4.05. The molecular weight excluding hydrogens is 372 g/mol. The van der Waals surface area contributed by atoms with Gasteiger partial charge in [0.25, 0.3) is 5.91 Å². The minimum atomic E-state index is -3.46. The second-order valence-corrected chi connectivity index (χ2v) is 10.5. The second kappa shape index (κ2) is 8.54. The number of likely N-dealkylation sites (tertiary alicyclic amines) is 1. The number of sulfonamides is 1. The molecule has 0 unspecified atom stereocenters. The van der Waals surface area contributed by atoms with E-state index < -0.39 is 10.0 Å². The van der Waals surface area contributed by atoms with Crippen molar-refractivity contribution in [3.8, 4) is 0 Å². The monoisotopic (exact) mass is 404 g/mol. The van der Waals surface area contributed by atoms with E-state index in [0.29, 0.717) is 35.5 Å². The Bertz CT molecular complexity index is 781. The van der Waals surface area contributed by atoms with Crippen molar-refractivity contribution in [3.63, 3.8) is 0 Å². The molecule has 0 N–H and O–H groups in total. The number of rotatable bonds is 3. The summed E-state index contributed by atoms with van der Waals surface area (Å²) in [6.45, 7) is 2.02. The van der Waals surface area contributed by atoms with Gasteiger partial charge >= 0.3 is 0 Å². The van der Waals surface area contributed by atoms with Crippen LogP contribution >= 0.6 is 0 Å². The van der Waals surface area contributed by atoms with E-state index in [-0.39, 0.29) is 5.91 Å². The Labute approximate surface area is 169 Å². The molecule has 0 aromatic heterocycles. The molecule has 1 aromatic rings. The second-order valence-electron chi connectivity index (χ2n) is 8.60. The van der Waals surface area contributed by atoms with Gasteiger partial charge in [0.1, 0.15) is 0 Å². The average Bonchev–Trinajstić information content (AvgIpc) is 3.03. The summed E-state index contributed by atoms with van der Waals surface area (Å²) in [5.41, 5.74) is 0.612. The Balaban J connectivity index is 1.50. The summed E-state index contributed by atoms with van der Waals surface area (Å²) in [6, 6.07) is 7.03. The van der Waals surface area contributed by atoms with Gasteiger partial charge in [0.15, 0.2) is 0 Å². The fourth-order valence-corrected chi connectivity index (χ4v) is 6.76. The summed E-state index contributed by atoms with van der Waals surface area (Å²) in [4.78, 5) is 15.5. The van der Waals surface area contributed by atoms with E-state index in [0.717, 1.165) is 45.1 Å². The number of carbonyl (C=O) groups excluding carboxylic acids is 1. The molecule has 1 saturated carbocycles. The first kappa shape index (κ1) is 19.9. The van der Waals surface area contributed by atoms with Crippen LogP contribution in [-0.2, 0) is 10.0 Å². The van der Waals surface area contributed by atoms with E-state index in [9.17, 15) is 13.2 Å². The summed E-state index contributed by atoms with van der Waals surface area (Å²) in [7, 11) is -3.46. The smallest absolute Gasteiger partial charge is 0.254 e. The van der Waals surface area contributed by atoms with Gasteiger partial charge in [0.05, 0.1) is 4.90 Å². The minimum Gasteiger partial charge on any atom is -0.335 e. The van der Waals surface area contributed by atoms with Crippen molar-refractivity contribution in [2.45, 2.75) is 75.1 Å². The molecule has 2 saturated heterocycles. The maximum atomic E-state index is 13.1. The van der Waals surface area contributed by atoms with Crippen molar-refractivity contribution in [2.75, 3.05) is 19.6 Å². The molecular formula is C22H32N2O3S. The first-order chi connectivity index (χ1) is 13.6. The molecule has 154 valence electrons. The molecule has 6 heteroatoms. The standard InChI is InChI=1S/C22H32N2O3S/c25-22(24-17-7-9-18-8-3-4-10-21(18)24)19-11-13-20(14-12-19)28(26,27)23-15-5-1-2-6-16-23/h11-14,18,21H,1-10,15-17H2/t18-,21-/m0/s1. The van der Waals surface area contributed by atoms with E-state index in [1.54, 1.807) is 28.6 Å². The number of benzene rings is 1. The molecule has 3 fully saturated rings. The highest BCUT2D eigenvalue weighted by Gasteiger charge is 2.36. The fraction of sp³-hybridized carbons (Fsp3) is 0.682. The minimum absolute atomic E-state index is 0.0651. The van der Waals surface area contributed by atoms with Gasteiger partial charge in [-0.05, 0) is 68.7 Å². The lowest BCUT2D eigenvalue weighted by atomic mass is 9.78. The molecule has 4 rings (SSSR count). The third-order valence-corrected chi connectivity index (χ3v) is 8.72. The maximum Gasteiger partial charge on any atom is 0.254 e.